The van der Waals surface area contributed by atoms with Crippen molar-refractivity contribution in [3.63, 3.8) is 0 Å². The van der Waals surface area contributed by atoms with Gasteiger partial charge < -0.3 is 15.0 Å². The summed E-state index contributed by atoms with van der Waals surface area (Å²) in [4.78, 5) is 48.8. The molecule has 196 valence electrons. The van der Waals surface area contributed by atoms with E-state index in [1.807, 2.05) is 0 Å². The number of aliphatic imine (C=N–C) groups is 1. The van der Waals surface area contributed by atoms with Crippen LogP contribution in [0.5, 0.6) is 0 Å². The minimum absolute atomic E-state index is 0.0639. The lowest BCUT2D eigenvalue weighted by atomic mass is 9.99. The van der Waals surface area contributed by atoms with Crippen LogP contribution >= 0.6 is 0 Å². The van der Waals surface area contributed by atoms with Gasteiger partial charge in [-0.05, 0) is 51.1 Å². The van der Waals surface area contributed by atoms with Crippen LogP contribution in [0.1, 0.15) is 42.3 Å². The van der Waals surface area contributed by atoms with Crippen molar-refractivity contribution in [3.05, 3.63) is 95.6 Å². The molecule has 2 N–H and O–H groups in total. The maximum Gasteiger partial charge on any atom is 0.409 e. The van der Waals surface area contributed by atoms with Crippen LogP contribution in [0.3, 0.4) is 0 Å². The number of aromatic nitrogens is 1. The van der Waals surface area contributed by atoms with E-state index in [4.69, 9.17) is 4.74 Å². The number of halogens is 1. The molecule has 3 aromatic rings. The van der Waals surface area contributed by atoms with Crippen molar-refractivity contribution in [1.29, 1.82) is 0 Å². The van der Waals surface area contributed by atoms with Gasteiger partial charge >= 0.3 is 6.09 Å². The number of pyridine rings is 1. The van der Waals surface area contributed by atoms with E-state index in [1.165, 1.54) is 17.2 Å². The van der Waals surface area contributed by atoms with E-state index in [-0.39, 0.29) is 30.3 Å². The first-order valence-electron chi connectivity index (χ1n) is 12.1. The topological polar surface area (TPSA) is 113 Å². The van der Waals surface area contributed by atoms with Crippen molar-refractivity contribution in [2.75, 3.05) is 18.0 Å². The summed E-state index contributed by atoms with van der Waals surface area (Å²) in [5, 5.41) is 5.29. The highest BCUT2D eigenvalue weighted by Crippen LogP contribution is 2.29. The predicted octanol–water partition coefficient (Wildman–Crippen LogP) is 3.69. The Bertz CT molecular complexity index is 1370. The molecule has 0 saturated carbocycles. The largest absolute Gasteiger partial charge is 0.444 e. The van der Waals surface area contributed by atoms with Crippen LogP contribution in [0.15, 0.2) is 78.0 Å². The molecule has 0 saturated heterocycles. The van der Waals surface area contributed by atoms with Crippen LogP contribution in [0, 0.1) is 5.82 Å². The van der Waals surface area contributed by atoms with Crippen LogP contribution in [-0.4, -0.2) is 53.5 Å². The highest BCUT2D eigenvalue weighted by molar-refractivity contribution is 6.20. The summed E-state index contributed by atoms with van der Waals surface area (Å²) in [6, 6.07) is 16.3. The summed E-state index contributed by atoms with van der Waals surface area (Å²) < 4.78 is 20.3. The molecule has 10 heteroatoms. The van der Waals surface area contributed by atoms with Crippen LogP contribution in [0.4, 0.5) is 14.9 Å². The normalized spacial score (nSPS) is 15.2. The molecule has 1 atom stereocenters. The average molecular weight is 518 g/mol. The first kappa shape index (κ1) is 26.5. The third kappa shape index (κ3) is 6.20. The molecule has 2 heterocycles. The number of alkyl carbamates (subject to hydrolysis) is 1. The van der Waals surface area contributed by atoms with Crippen molar-refractivity contribution in [3.8, 4) is 0 Å². The molecule has 0 radical (unpaired) electrons. The van der Waals surface area contributed by atoms with Crippen LogP contribution in [-0.2, 0) is 9.53 Å². The fourth-order valence-electron chi connectivity index (χ4n) is 3.92. The van der Waals surface area contributed by atoms with Gasteiger partial charge in [0.25, 0.3) is 11.8 Å². The molecule has 0 aliphatic carbocycles. The van der Waals surface area contributed by atoms with Gasteiger partial charge in [-0.1, -0.05) is 30.3 Å². The Hall–Kier alpha value is -4.60. The lowest BCUT2D eigenvalue weighted by Gasteiger charge is -2.26. The molecule has 0 spiro atoms. The smallest absolute Gasteiger partial charge is 0.409 e. The number of hydrogen-bond donors (Lipinski definition) is 2. The molecule has 9 nitrogen and oxygen atoms in total. The first-order valence-corrected chi connectivity index (χ1v) is 12.1. The van der Waals surface area contributed by atoms with E-state index >= 15 is 0 Å². The summed E-state index contributed by atoms with van der Waals surface area (Å²) in [6.07, 6.45) is 0.759. The molecule has 3 amide bonds. The second-order valence-corrected chi connectivity index (χ2v) is 9.51. The number of nitrogens with zero attached hydrogens (tertiary/aromatic N) is 3. The third-order valence-corrected chi connectivity index (χ3v) is 5.54. The molecular formula is C28H28FN5O4. The maximum absolute atomic E-state index is 14.9. The number of hydrogen-bond acceptors (Lipinski definition) is 6. The van der Waals surface area contributed by atoms with Crippen LogP contribution < -0.4 is 15.5 Å². The lowest BCUT2D eigenvalue weighted by molar-refractivity contribution is -0.120. The maximum atomic E-state index is 14.9. The van der Waals surface area contributed by atoms with Crippen LogP contribution in [0.25, 0.3) is 0 Å². The molecular weight excluding hydrogens is 489 g/mol. The summed E-state index contributed by atoms with van der Waals surface area (Å²) in [6.45, 7) is 5.25. The zero-order valence-electron chi connectivity index (χ0n) is 21.3. The molecule has 4 rings (SSSR count). The van der Waals surface area contributed by atoms with Gasteiger partial charge in [-0.25, -0.2) is 14.2 Å². The van der Waals surface area contributed by atoms with Gasteiger partial charge in [0.1, 0.15) is 11.4 Å². The number of carbonyl (C=O) groups is 3. The number of nitrogens with one attached hydrogen (secondary N) is 2. The van der Waals surface area contributed by atoms with Gasteiger partial charge in [-0.3, -0.25) is 19.9 Å². The Morgan fingerprint density at radius 2 is 1.74 bits per heavy atom. The third-order valence-electron chi connectivity index (χ3n) is 5.54. The van der Waals surface area contributed by atoms with Gasteiger partial charge in [0.05, 0.1) is 17.0 Å². The second-order valence-electron chi connectivity index (χ2n) is 9.51. The molecule has 0 bridgehead atoms. The van der Waals surface area contributed by atoms with Crippen LogP contribution in [0.2, 0.25) is 0 Å². The fraction of sp³-hybridized carbons (Fsp3) is 0.250. The number of benzene rings is 2. The monoisotopic (exact) mass is 517 g/mol. The Morgan fingerprint density at radius 1 is 1.03 bits per heavy atom. The number of amides is 3. The Kier molecular flexibility index (Phi) is 7.80. The van der Waals surface area contributed by atoms with Crippen molar-refractivity contribution < 1.29 is 23.5 Å². The highest BCUT2D eigenvalue weighted by atomic mass is 19.1. The number of benzodiazepines with no additional fused rings is 1. The molecule has 38 heavy (non-hydrogen) atoms. The van der Waals surface area contributed by atoms with Gasteiger partial charge in [-0.15, -0.1) is 0 Å². The minimum Gasteiger partial charge on any atom is -0.444 e. The molecule has 2 aromatic carbocycles. The van der Waals surface area contributed by atoms with Gasteiger partial charge in [0.15, 0.2) is 0 Å². The second kappa shape index (κ2) is 11.2. The van der Waals surface area contributed by atoms with E-state index in [2.05, 4.69) is 20.6 Å². The van der Waals surface area contributed by atoms with E-state index in [0.29, 0.717) is 16.8 Å². The average Bonchev–Trinajstić information content (AvgIpc) is 2.99. The number of para-hydroxylation sites is 1. The van der Waals surface area contributed by atoms with Crippen molar-refractivity contribution in [2.24, 2.45) is 4.99 Å². The first-order chi connectivity index (χ1) is 18.1. The fourth-order valence-corrected chi connectivity index (χ4v) is 3.92. The standard InChI is InChI=1S/C28H28FN5O4/c1-28(2,3)38-27(37)33-24-26(36)34(16-15-31-25(35)18-9-8-14-30-17-18)22-13-7-5-11-20(22)23(32-24)19-10-4-6-12-21(19)29/h4-14,17,24H,15-16H2,1-3H3,(H,31,35)(H,33,37)/t24-/m1/s1. The number of fused-ring (bicyclic) bond motifs is 1. The molecule has 1 aromatic heterocycles. The number of anilines is 1. The molecule has 1 aliphatic heterocycles. The molecule has 0 fully saturated rings. The van der Waals surface area contributed by atoms with Crippen molar-refractivity contribution >= 4 is 29.3 Å². The van der Waals surface area contributed by atoms with E-state index in [9.17, 15) is 18.8 Å². The Morgan fingerprint density at radius 3 is 2.42 bits per heavy atom. The Balaban J connectivity index is 1.69. The Labute approximate surface area is 219 Å². The minimum atomic E-state index is -1.40. The summed E-state index contributed by atoms with van der Waals surface area (Å²) in [7, 11) is 0. The number of carbonyl (C=O) groups excluding carboxylic acids is 3. The van der Waals surface area contributed by atoms with E-state index < -0.39 is 29.6 Å². The quantitative estimate of drug-likeness (QED) is 0.518. The predicted molar refractivity (Wildman–Crippen MR) is 141 cm³/mol. The molecule has 1 aliphatic rings. The lowest BCUT2D eigenvalue weighted by Crippen LogP contribution is -2.50. The van der Waals surface area contributed by atoms with E-state index in [0.717, 1.165) is 0 Å². The summed E-state index contributed by atoms with van der Waals surface area (Å²) in [5.74, 6) is -1.44. The SMILES string of the molecule is CC(C)(C)OC(=O)N[C@H]1N=C(c2ccccc2F)c2ccccc2N(CCNC(=O)c2cccnc2)C1=O. The van der Waals surface area contributed by atoms with Crippen molar-refractivity contribution in [1.82, 2.24) is 15.6 Å². The zero-order valence-corrected chi connectivity index (χ0v) is 21.3. The summed E-state index contributed by atoms with van der Waals surface area (Å²) in [5.41, 5.74) is 0.909. The highest BCUT2D eigenvalue weighted by Gasteiger charge is 2.34. The van der Waals surface area contributed by atoms with Gasteiger partial charge in [0, 0.05) is 36.6 Å². The van der Waals surface area contributed by atoms with E-state index in [1.54, 1.807) is 81.6 Å². The van der Waals surface area contributed by atoms with Gasteiger partial charge in [-0.2, -0.15) is 0 Å². The number of rotatable bonds is 6. The van der Waals surface area contributed by atoms with Crippen molar-refractivity contribution in [2.45, 2.75) is 32.5 Å². The summed E-state index contributed by atoms with van der Waals surface area (Å²) >= 11 is 0. The number of ether oxygens (including phenoxy) is 1. The zero-order chi connectivity index (χ0) is 27.3. The molecule has 0 unspecified atom stereocenters. The van der Waals surface area contributed by atoms with Gasteiger partial charge in [0.2, 0.25) is 6.17 Å².